The summed E-state index contributed by atoms with van der Waals surface area (Å²) in [7, 11) is 0. The third-order valence-corrected chi connectivity index (χ3v) is 10.2. The number of unbranched alkanes of at least 4 members (excludes halogenated alkanes) is 15. The lowest BCUT2D eigenvalue weighted by atomic mass is 10.1. The second-order valence-electron chi connectivity index (χ2n) is 16.3. The standard InChI is InChI=1S/C57H92O6/c1-4-7-10-13-16-19-22-24-26-28-30-32-35-38-41-44-47-50-56(59)62-53-54(52-61-55(58)49-46-43-40-37-34-21-18-15-12-9-6-3)63-57(60)51-48-45-42-39-36-33-31-29-27-25-23-20-17-14-11-8-5-2/h9,12,18,21,24-27,30-33,37-42,54H,4-8,10-11,13-17,19-20,22-23,28-29,34-36,43-53H2,1-3H3/b12-9-,21-18-,26-24-,27-25-,32-30-,33-31-,40-37-,41-38-,42-39-. The molecule has 0 aromatic heterocycles. The first-order chi connectivity index (χ1) is 31.0. The molecule has 6 nitrogen and oxygen atoms in total. The van der Waals surface area contributed by atoms with Gasteiger partial charge in [0.2, 0.25) is 0 Å². The zero-order valence-corrected chi connectivity index (χ0v) is 40.5. The van der Waals surface area contributed by atoms with Crippen molar-refractivity contribution in [2.75, 3.05) is 13.2 Å². The van der Waals surface area contributed by atoms with Crippen LogP contribution in [0.15, 0.2) is 109 Å². The lowest BCUT2D eigenvalue weighted by Gasteiger charge is -2.18. The summed E-state index contributed by atoms with van der Waals surface area (Å²) >= 11 is 0. The lowest BCUT2D eigenvalue weighted by molar-refractivity contribution is -0.166. The van der Waals surface area contributed by atoms with Gasteiger partial charge in [-0.3, -0.25) is 14.4 Å². The molecule has 0 aliphatic carbocycles. The highest BCUT2D eigenvalue weighted by atomic mass is 16.6. The van der Waals surface area contributed by atoms with Crippen molar-refractivity contribution in [1.82, 2.24) is 0 Å². The van der Waals surface area contributed by atoms with Crippen molar-refractivity contribution in [3.05, 3.63) is 109 Å². The van der Waals surface area contributed by atoms with E-state index in [0.29, 0.717) is 19.3 Å². The normalized spacial score (nSPS) is 13.0. The SMILES string of the molecule is CC/C=C\C/C=C\C/C=C\CCCC(=O)OCC(COC(=O)CCC/C=C\C/C=C\C/C=C\CCCCCCCC)OC(=O)CCC/C=C\C/C=C\C/C=C\CCCCCCCC. The van der Waals surface area contributed by atoms with E-state index in [-0.39, 0.29) is 44.4 Å². The van der Waals surface area contributed by atoms with Gasteiger partial charge < -0.3 is 14.2 Å². The van der Waals surface area contributed by atoms with Crippen molar-refractivity contribution >= 4 is 17.9 Å². The Balaban J connectivity index is 4.59. The molecule has 0 radical (unpaired) electrons. The summed E-state index contributed by atoms with van der Waals surface area (Å²) < 4.78 is 16.6. The highest BCUT2D eigenvalue weighted by molar-refractivity contribution is 5.71. The van der Waals surface area contributed by atoms with Crippen LogP contribution < -0.4 is 0 Å². The van der Waals surface area contributed by atoms with E-state index in [9.17, 15) is 14.4 Å². The van der Waals surface area contributed by atoms with Crippen molar-refractivity contribution in [3.63, 3.8) is 0 Å². The van der Waals surface area contributed by atoms with Crippen LogP contribution in [0.25, 0.3) is 0 Å². The second-order valence-corrected chi connectivity index (χ2v) is 16.3. The van der Waals surface area contributed by atoms with E-state index in [1.165, 1.54) is 89.9 Å². The summed E-state index contributed by atoms with van der Waals surface area (Å²) in [6.07, 6.45) is 68.1. The molecule has 0 aromatic carbocycles. The molecule has 0 aliphatic heterocycles. The summed E-state index contributed by atoms with van der Waals surface area (Å²) in [5, 5.41) is 0. The van der Waals surface area contributed by atoms with Gasteiger partial charge in [-0.05, 0) is 109 Å². The van der Waals surface area contributed by atoms with Gasteiger partial charge in [0.05, 0.1) is 0 Å². The number of carbonyl (C=O) groups excluding carboxylic acids is 3. The van der Waals surface area contributed by atoms with Gasteiger partial charge in [-0.2, -0.15) is 0 Å². The van der Waals surface area contributed by atoms with E-state index in [1.54, 1.807) is 0 Å². The van der Waals surface area contributed by atoms with Crippen LogP contribution in [0.1, 0.15) is 213 Å². The molecule has 0 heterocycles. The van der Waals surface area contributed by atoms with Crippen molar-refractivity contribution < 1.29 is 28.6 Å². The van der Waals surface area contributed by atoms with Crippen molar-refractivity contribution in [2.45, 2.75) is 219 Å². The Morgan fingerprint density at radius 2 is 0.619 bits per heavy atom. The number of rotatable bonds is 44. The van der Waals surface area contributed by atoms with Gasteiger partial charge in [-0.15, -0.1) is 0 Å². The van der Waals surface area contributed by atoms with Gasteiger partial charge in [0, 0.05) is 19.3 Å². The molecule has 0 spiro atoms. The Bertz CT molecular complexity index is 1330. The zero-order valence-electron chi connectivity index (χ0n) is 40.5. The average molecular weight is 873 g/mol. The van der Waals surface area contributed by atoms with Gasteiger partial charge in [-0.1, -0.05) is 194 Å². The predicted molar refractivity (Wildman–Crippen MR) is 270 cm³/mol. The van der Waals surface area contributed by atoms with Crippen LogP contribution in [0.3, 0.4) is 0 Å². The molecule has 0 N–H and O–H groups in total. The summed E-state index contributed by atoms with van der Waals surface area (Å²) in [5.41, 5.74) is 0. The number of ether oxygens (including phenoxy) is 3. The molecular formula is C57H92O6. The maximum absolute atomic E-state index is 12.8. The van der Waals surface area contributed by atoms with Gasteiger partial charge >= 0.3 is 17.9 Å². The van der Waals surface area contributed by atoms with Gasteiger partial charge in [0.25, 0.3) is 0 Å². The lowest BCUT2D eigenvalue weighted by Crippen LogP contribution is -2.30. The molecule has 0 bridgehead atoms. The Morgan fingerprint density at radius 1 is 0.333 bits per heavy atom. The fraction of sp³-hybridized carbons (Fsp3) is 0.632. The molecule has 0 saturated carbocycles. The minimum atomic E-state index is -0.846. The molecule has 1 unspecified atom stereocenters. The van der Waals surface area contributed by atoms with Crippen molar-refractivity contribution in [1.29, 1.82) is 0 Å². The van der Waals surface area contributed by atoms with Crippen LogP contribution in [0, 0.1) is 0 Å². The Labute approximate surface area is 387 Å². The monoisotopic (exact) mass is 873 g/mol. The molecule has 6 heteroatoms. The van der Waals surface area contributed by atoms with Gasteiger partial charge in [0.1, 0.15) is 13.2 Å². The summed E-state index contributed by atoms with van der Waals surface area (Å²) in [6.45, 7) is 6.35. The largest absolute Gasteiger partial charge is 0.462 e. The zero-order chi connectivity index (χ0) is 45.8. The molecule has 0 aromatic rings. The predicted octanol–water partition coefficient (Wildman–Crippen LogP) is 16.8. The first-order valence-corrected chi connectivity index (χ1v) is 25.4. The highest BCUT2D eigenvalue weighted by Gasteiger charge is 2.19. The summed E-state index contributed by atoms with van der Waals surface area (Å²) in [4.78, 5) is 37.8. The third kappa shape index (κ3) is 49.0. The molecule has 0 amide bonds. The van der Waals surface area contributed by atoms with E-state index in [4.69, 9.17) is 14.2 Å². The van der Waals surface area contributed by atoms with E-state index >= 15 is 0 Å². The summed E-state index contributed by atoms with van der Waals surface area (Å²) in [5.74, 6) is -1.11. The molecule has 0 fully saturated rings. The van der Waals surface area contributed by atoms with Crippen LogP contribution in [0.2, 0.25) is 0 Å². The number of esters is 3. The molecule has 63 heavy (non-hydrogen) atoms. The fourth-order valence-electron chi connectivity index (χ4n) is 6.44. The van der Waals surface area contributed by atoms with Crippen LogP contribution >= 0.6 is 0 Å². The maximum atomic E-state index is 12.8. The quantitative estimate of drug-likeness (QED) is 0.0263. The van der Waals surface area contributed by atoms with Gasteiger partial charge in [0.15, 0.2) is 6.10 Å². The Morgan fingerprint density at radius 3 is 0.968 bits per heavy atom. The van der Waals surface area contributed by atoms with Crippen LogP contribution in [-0.2, 0) is 28.6 Å². The molecule has 356 valence electrons. The van der Waals surface area contributed by atoms with Gasteiger partial charge in [-0.25, -0.2) is 0 Å². The molecule has 0 saturated heterocycles. The van der Waals surface area contributed by atoms with E-state index in [1.807, 2.05) is 0 Å². The molecule has 0 aliphatic rings. The first kappa shape index (κ1) is 59.1. The highest BCUT2D eigenvalue weighted by Crippen LogP contribution is 2.11. The topological polar surface area (TPSA) is 78.9 Å². The van der Waals surface area contributed by atoms with E-state index < -0.39 is 12.1 Å². The van der Waals surface area contributed by atoms with Crippen molar-refractivity contribution in [2.24, 2.45) is 0 Å². The Kier molecular flexibility index (Phi) is 47.5. The molecule has 1 atom stereocenters. The van der Waals surface area contributed by atoms with Crippen molar-refractivity contribution in [3.8, 4) is 0 Å². The number of carbonyl (C=O) groups is 3. The van der Waals surface area contributed by atoms with Crippen LogP contribution in [-0.4, -0.2) is 37.2 Å². The number of allylic oxidation sites excluding steroid dienone is 18. The van der Waals surface area contributed by atoms with E-state index in [2.05, 4.69) is 130 Å². The molecule has 0 rings (SSSR count). The number of hydrogen-bond acceptors (Lipinski definition) is 6. The number of hydrogen-bond donors (Lipinski definition) is 0. The minimum absolute atomic E-state index is 0.142. The first-order valence-electron chi connectivity index (χ1n) is 25.4. The van der Waals surface area contributed by atoms with Crippen LogP contribution in [0.4, 0.5) is 0 Å². The van der Waals surface area contributed by atoms with E-state index in [0.717, 1.165) is 64.2 Å². The smallest absolute Gasteiger partial charge is 0.306 e. The third-order valence-electron chi connectivity index (χ3n) is 10.2. The molecular weight excluding hydrogens is 781 g/mol. The average Bonchev–Trinajstić information content (AvgIpc) is 3.28. The Hall–Kier alpha value is -3.93. The summed E-state index contributed by atoms with van der Waals surface area (Å²) in [6, 6.07) is 0. The second kappa shape index (κ2) is 50.7. The maximum Gasteiger partial charge on any atom is 0.306 e. The fourth-order valence-corrected chi connectivity index (χ4v) is 6.44. The van der Waals surface area contributed by atoms with Crippen LogP contribution in [0.5, 0.6) is 0 Å². The minimum Gasteiger partial charge on any atom is -0.462 e.